The minimum atomic E-state index is -1.36. The summed E-state index contributed by atoms with van der Waals surface area (Å²) in [5.74, 6) is -0.196. The van der Waals surface area contributed by atoms with Crippen molar-refractivity contribution in [3.8, 4) is 0 Å². The summed E-state index contributed by atoms with van der Waals surface area (Å²) in [5.41, 5.74) is 2.37. The number of carbonyl (C=O) groups is 1. The van der Waals surface area contributed by atoms with E-state index in [2.05, 4.69) is 51.6 Å². The van der Waals surface area contributed by atoms with Crippen LogP contribution < -0.4 is 11.0 Å². The molecule has 1 fully saturated rings. The van der Waals surface area contributed by atoms with Crippen LogP contribution in [-0.4, -0.2) is 64.9 Å². The lowest BCUT2D eigenvalue weighted by molar-refractivity contribution is -0.147. The molecule has 0 bridgehead atoms. The Hall–Kier alpha value is -4.21. The summed E-state index contributed by atoms with van der Waals surface area (Å²) in [6.45, 7) is 1.04. The van der Waals surface area contributed by atoms with E-state index in [0.717, 1.165) is 16.7 Å². The van der Waals surface area contributed by atoms with Gasteiger partial charge in [-0.25, -0.2) is 4.79 Å². The highest BCUT2D eigenvalue weighted by Gasteiger charge is 2.46. The Kier molecular flexibility index (Phi) is 10.8. The van der Waals surface area contributed by atoms with E-state index >= 15 is 0 Å². The Bertz CT molecular complexity index is 1750. The van der Waals surface area contributed by atoms with E-state index < -0.39 is 31.2 Å². The van der Waals surface area contributed by atoms with Crippen molar-refractivity contribution in [1.82, 2.24) is 19.1 Å². The average molecular weight is 682 g/mol. The van der Waals surface area contributed by atoms with Gasteiger partial charge in [-0.1, -0.05) is 109 Å². The number of aromatic nitrogens is 2. The zero-order chi connectivity index (χ0) is 33.5. The summed E-state index contributed by atoms with van der Waals surface area (Å²) in [6, 6.07) is 41.5. The number of carbonyl (C=O) groups excluding carboxylic acids is 1. The number of hydrogen-bond acceptors (Lipinski definition) is 7. The second-order valence-corrected chi connectivity index (χ2v) is 14.0. The molecule has 0 radical (unpaired) electrons. The molecular formula is C37H37ClN5O4P. The maximum absolute atomic E-state index is 13.6. The minimum absolute atomic E-state index is 0.156. The molecule has 0 aliphatic carbocycles. The van der Waals surface area contributed by atoms with E-state index in [1.807, 2.05) is 79.4 Å². The largest absolute Gasteiger partial charge is 0.351 e. The first kappa shape index (κ1) is 33.7. The van der Waals surface area contributed by atoms with Gasteiger partial charge in [-0.3, -0.25) is 18.9 Å². The number of nitrogens with zero attached hydrogens (tertiary/aromatic N) is 4. The summed E-state index contributed by atoms with van der Waals surface area (Å²) in [6.07, 6.45) is 0.431. The molecule has 1 unspecified atom stereocenters. The smallest absolute Gasteiger partial charge is 0.350 e. The molecule has 1 amide bonds. The van der Waals surface area contributed by atoms with Crippen molar-refractivity contribution in [2.24, 2.45) is 0 Å². The number of rotatable bonds is 11. The van der Waals surface area contributed by atoms with Gasteiger partial charge in [-0.05, 0) is 60.2 Å². The van der Waals surface area contributed by atoms with Crippen LogP contribution in [0, 0.1) is 0 Å². The molecule has 1 aliphatic heterocycles. The van der Waals surface area contributed by atoms with Gasteiger partial charge >= 0.3 is 5.69 Å². The third-order valence-electron chi connectivity index (χ3n) is 8.30. The van der Waals surface area contributed by atoms with Crippen molar-refractivity contribution in [2.45, 2.75) is 17.9 Å². The van der Waals surface area contributed by atoms with E-state index in [0.29, 0.717) is 18.7 Å². The van der Waals surface area contributed by atoms with Crippen molar-refractivity contribution in [1.29, 1.82) is 0 Å². The van der Waals surface area contributed by atoms with Crippen LogP contribution in [0.25, 0.3) is 0 Å². The third kappa shape index (κ3) is 7.27. The molecule has 11 heteroatoms. The van der Waals surface area contributed by atoms with Crippen LogP contribution in [0.1, 0.15) is 33.3 Å². The molecule has 5 aromatic rings. The fourth-order valence-corrected chi connectivity index (χ4v) is 6.85. The fraction of sp³-hybridized carbons (Fsp3) is 0.216. The number of anilines is 1. The topological polar surface area (TPSA) is 88.9 Å². The second kappa shape index (κ2) is 15.3. The van der Waals surface area contributed by atoms with Gasteiger partial charge in [0.1, 0.15) is 5.82 Å². The third-order valence-corrected chi connectivity index (χ3v) is 10.5. The molecule has 0 saturated carbocycles. The Labute approximate surface area is 286 Å². The Morgan fingerprint density at radius 3 is 1.90 bits per heavy atom. The molecule has 48 heavy (non-hydrogen) atoms. The molecule has 6 rings (SSSR count). The Balaban J connectivity index is 1.42. The van der Waals surface area contributed by atoms with Gasteiger partial charge in [-0.2, -0.15) is 4.98 Å². The highest BCUT2D eigenvalue weighted by atomic mass is 35.7. The maximum atomic E-state index is 13.6. The van der Waals surface area contributed by atoms with E-state index in [-0.39, 0.29) is 18.3 Å². The SMILES string of the molecule is CN(C)P(Cl)OC[C@@H]1CN(C(c2ccccc2)(c2ccccc2)c2ccccc2)C[C@H](n2ccc(NC(=O)c3ccccc3)nc2=O)O1. The highest BCUT2D eigenvalue weighted by Crippen LogP contribution is 2.47. The first-order valence-corrected chi connectivity index (χ1v) is 17.8. The lowest BCUT2D eigenvalue weighted by Gasteiger charge is -2.50. The van der Waals surface area contributed by atoms with Crippen LogP contribution in [-0.2, 0) is 14.8 Å². The summed E-state index contributed by atoms with van der Waals surface area (Å²) < 4.78 is 16.0. The molecule has 1 N–H and O–H groups in total. The molecule has 3 atom stereocenters. The predicted molar refractivity (Wildman–Crippen MR) is 190 cm³/mol. The van der Waals surface area contributed by atoms with Crippen molar-refractivity contribution >= 4 is 30.6 Å². The van der Waals surface area contributed by atoms with Gasteiger partial charge in [0, 0.05) is 24.8 Å². The number of halogens is 1. The Morgan fingerprint density at radius 1 is 0.875 bits per heavy atom. The molecule has 246 valence electrons. The molecule has 2 heterocycles. The monoisotopic (exact) mass is 681 g/mol. The van der Waals surface area contributed by atoms with Crippen LogP contribution >= 0.6 is 18.9 Å². The van der Waals surface area contributed by atoms with E-state index in [1.165, 1.54) is 4.57 Å². The second-order valence-electron chi connectivity index (χ2n) is 11.6. The van der Waals surface area contributed by atoms with Crippen LogP contribution in [0.4, 0.5) is 5.82 Å². The van der Waals surface area contributed by atoms with E-state index in [9.17, 15) is 9.59 Å². The molecule has 1 aliphatic rings. The molecule has 4 aromatic carbocycles. The van der Waals surface area contributed by atoms with Crippen LogP contribution in [0.15, 0.2) is 138 Å². The summed E-state index contributed by atoms with van der Waals surface area (Å²) in [5, 5.41) is 2.73. The Morgan fingerprint density at radius 2 is 1.40 bits per heavy atom. The van der Waals surface area contributed by atoms with E-state index in [4.69, 9.17) is 20.5 Å². The first-order valence-electron chi connectivity index (χ1n) is 15.6. The fourth-order valence-electron chi connectivity index (χ4n) is 6.16. The van der Waals surface area contributed by atoms with Crippen LogP contribution in [0.2, 0.25) is 0 Å². The molecule has 0 spiro atoms. The number of hydrogen-bond donors (Lipinski definition) is 1. The molecule has 9 nitrogen and oxygen atoms in total. The normalized spacial score (nSPS) is 17.6. The lowest BCUT2D eigenvalue weighted by Crippen LogP contribution is -2.58. The standard InChI is InChI=1S/C37H37ClN5O4P/c1-41(2)48(38)46-27-32-25-42(26-34(47-32)43-24-23-33(40-36(43)45)39-35(44)28-15-7-3-8-16-28)37(29-17-9-4-10-18-29,30-19-11-5-12-20-30)31-21-13-6-14-22-31/h3-24,32,34H,25-27H2,1-2H3,(H,39,40,44,45)/t32-,34+,48?/m0/s1. The average Bonchev–Trinajstić information content (AvgIpc) is 3.12. The van der Waals surface area contributed by atoms with Crippen LogP contribution in [0.5, 0.6) is 0 Å². The number of benzene rings is 4. The van der Waals surface area contributed by atoms with Gasteiger partial charge in [0.15, 0.2) is 6.23 Å². The van der Waals surface area contributed by atoms with Crippen molar-refractivity contribution in [3.05, 3.63) is 166 Å². The zero-order valence-corrected chi connectivity index (χ0v) is 28.4. The summed E-state index contributed by atoms with van der Waals surface area (Å²) >= 11 is 6.53. The number of morpholine rings is 1. The van der Waals surface area contributed by atoms with Gasteiger partial charge < -0.3 is 14.6 Å². The number of nitrogens with one attached hydrogen (secondary N) is 1. The van der Waals surface area contributed by atoms with Crippen molar-refractivity contribution < 1.29 is 14.1 Å². The minimum Gasteiger partial charge on any atom is -0.350 e. The first-order chi connectivity index (χ1) is 23.4. The molecular weight excluding hydrogens is 645 g/mol. The van der Waals surface area contributed by atoms with Gasteiger partial charge in [0.05, 0.1) is 18.2 Å². The number of amides is 1. The van der Waals surface area contributed by atoms with Crippen molar-refractivity contribution in [2.75, 3.05) is 39.1 Å². The van der Waals surface area contributed by atoms with Crippen molar-refractivity contribution in [3.63, 3.8) is 0 Å². The quantitative estimate of drug-likeness (QED) is 0.122. The highest BCUT2D eigenvalue weighted by molar-refractivity contribution is 7.78. The molecule has 1 saturated heterocycles. The summed E-state index contributed by atoms with van der Waals surface area (Å²) in [7, 11) is 2.37. The maximum Gasteiger partial charge on any atom is 0.351 e. The van der Waals surface area contributed by atoms with Gasteiger partial charge in [0.25, 0.3) is 5.91 Å². The zero-order valence-electron chi connectivity index (χ0n) is 26.7. The predicted octanol–water partition coefficient (Wildman–Crippen LogP) is 6.73. The number of ether oxygens (including phenoxy) is 1. The van der Waals surface area contributed by atoms with Crippen LogP contribution in [0.3, 0.4) is 0 Å². The van der Waals surface area contributed by atoms with Gasteiger partial charge in [-0.15, -0.1) is 0 Å². The van der Waals surface area contributed by atoms with E-state index in [1.54, 1.807) is 36.5 Å². The summed E-state index contributed by atoms with van der Waals surface area (Å²) in [4.78, 5) is 33.0. The van der Waals surface area contributed by atoms with Gasteiger partial charge in [0.2, 0.25) is 7.65 Å². The lowest BCUT2D eigenvalue weighted by atomic mass is 9.75. The molecule has 1 aromatic heterocycles.